The molecule has 1 aromatic heterocycles. The second kappa shape index (κ2) is 7.19. The number of pyridine rings is 1. The third-order valence-electron chi connectivity index (χ3n) is 5.67. The Kier molecular flexibility index (Phi) is 5.21. The first-order valence-corrected chi connectivity index (χ1v) is 9.07. The number of hydrogen-bond acceptors (Lipinski definition) is 4. The number of aliphatic carboxylic acids is 1. The number of carboxylic acids is 1. The van der Waals surface area contributed by atoms with E-state index in [9.17, 15) is 9.90 Å². The average Bonchev–Trinajstić information content (AvgIpc) is 3.00. The van der Waals surface area contributed by atoms with E-state index >= 15 is 0 Å². The number of aromatic nitrogens is 1. The number of carboxylic acid groups (broad SMARTS) is 1. The standard InChI is InChI=1S/C19H29N3O2/c1-19(2,22-10-4-3-5-11-22)14-21-12-16(17(13-21)18(23)24)15-6-8-20-9-7-15/h6-9,16-17H,3-5,10-14H2,1-2H3,(H,23,24)/t16-,17+/m1/s1. The van der Waals surface area contributed by atoms with Crippen molar-refractivity contribution < 1.29 is 9.90 Å². The van der Waals surface area contributed by atoms with Gasteiger partial charge in [0.1, 0.15) is 0 Å². The van der Waals surface area contributed by atoms with Gasteiger partial charge in [0.05, 0.1) is 5.92 Å². The van der Waals surface area contributed by atoms with E-state index in [4.69, 9.17) is 0 Å². The van der Waals surface area contributed by atoms with Crippen LogP contribution in [0.25, 0.3) is 0 Å². The van der Waals surface area contributed by atoms with E-state index in [-0.39, 0.29) is 17.4 Å². The molecule has 0 spiro atoms. The predicted molar refractivity (Wildman–Crippen MR) is 94.0 cm³/mol. The lowest BCUT2D eigenvalue weighted by atomic mass is 9.90. The van der Waals surface area contributed by atoms with Crippen molar-refractivity contribution in [2.24, 2.45) is 5.92 Å². The lowest BCUT2D eigenvalue weighted by molar-refractivity contribution is -0.141. The van der Waals surface area contributed by atoms with Crippen molar-refractivity contribution in [1.82, 2.24) is 14.8 Å². The molecule has 24 heavy (non-hydrogen) atoms. The molecule has 132 valence electrons. The minimum Gasteiger partial charge on any atom is -0.481 e. The van der Waals surface area contributed by atoms with Gasteiger partial charge in [0.15, 0.2) is 0 Å². The fraction of sp³-hybridized carbons (Fsp3) is 0.684. The molecule has 3 rings (SSSR count). The number of carbonyl (C=O) groups is 1. The van der Waals surface area contributed by atoms with Gasteiger partial charge >= 0.3 is 5.97 Å². The monoisotopic (exact) mass is 331 g/mol. The molecular weight excluding hydrogens is 302 g/mol. The van der Waals surface area contributed by atoms with Crippen LogP contribution < -0.4 is 0 Å². The molecule has 1 aromatic rings. The Morgan fingerprint density at radius 1 is 1.21 bits per heavy atom. The maximum Gasteiger partial charge on any atom is 0.308 e. The van der Waals surface area contributed by atoms with Crippen LogP contribution in [-0.4, -0.2) is 64.1 Å². The van der Waals surface area contributed by atoms with E-state index in [0.29, 0.717) is 6.54 Å². The van der Waals surface area contributed by atoms with E-state index < -0.39 is 5.97 Å². The summed E-state index contributed by atoms with van der Waals surface area (Å²) in [6, 6.07) is 3.92. The highest BCUT2D eigenvalue weighted by Gasteiger charge is 2.41. The number of rotatable bonds is 5. The first-order valence-electron chi connectivity index (χ1n) is 9.07. The Morgan fingerprint density at radius 3 is 2.50 bits per heavy atom. The predicted octanol–water partition coefficient (Wildman–Crippen LogP) is 2.45. The maximum absolute atomic E-state index is 11.7. The van der Waals surface area contributed by atoms with Crippen molar-refractivity contribution in [2.45, 2.75) is 44.6 Å². The summed E-state index contributed by atoms with van der Waals surface area (Å²) < 4.78 is 0. The number of likely N-dealkylation sites (tertiary alicyclic amines) is 2. The molecule has 1 N–H and O–H groups in total. The summed E-state index contributed by atoms with van der Waals surface area (Å²) in [5.74, 6) is -0.956. The van der Waals surface area contributed by atoms with Crippen molar-refractivity contribution in [3.05, 3.63) is 30.1 Å². The Hall–Kier alpha value is -1.46. The van der Waals surface area contributed by atoms with E-state index in [1.807, 2.05) is 12.1 Å². The third kappa shape index (κ3) is 3.78. The highest BCUT2D eigenvalue weighted by molar-refractivity contribution is 5.72. The van der Waals surface area contributed by atoms with Crippen LogP contribution in [0.4, 0.5) is 0 Å². The van der Waals surface area contributed by atoms with Crippen LogP contribution in [0.15, 0.2) is 24.5 Å². The quantitative estimate of drug-likeness (QED) is 0.898. The van der Waals surface area contributed by atoms with Crippen LogP contribution >= 0.6 is 0 Å². The SMILES string of the molecule is CC(C)(CN1C[C@H](C(=O)O)[C@@H](c2ccncc2)C1)N1CCCCC1. The second-order valence-electron chi connectivity index (χ2n) is 7.89. The molecule has 0 aromatic carbocycles. The van der Waals surface area contributed by atoms with Crippen LogP contribution in [0.5, 0.6) is 0 Å². The highest BCUT2D eigenvalue weighted by atomic mass is 16.4. The largest absolute Gasteiger partial charge is 0.481 e. The van der Waals surface area contributed by atoms with Gasteiger partial charge in [0, 0.05) is 43.5 Å². The van der Waals surface area contributed by atoms with Crippen LogP contribution in [-0.2, 0) is 4.79 Å². The molecule has 2 atom stereocenters. The summed E-state index contributed by atoms with van der Waals surface area (Å²) in [4.78, 5) is 20.7. The lowest BCUT2D eigenvalue weighted by Crippen LogP contribution is -2.53. The summed E-state index contributed by atoms with van der Waals surface area (Å²) in [6.07, 6.45) is 7.41. The molecular formula is C19H29N3O2. The fourth-order valence-corrected chi connectivity index (χ4v) is 4.36. The van der Waals surface area contributed by atoms with E-state index in [2.05, 4.69) is 28.6 Å². The Bertz CT molecular complexity index is 555. The van der Waals surface area contributed by atoms with Crippen molar-refractivity contribution in [3.8, 4) is 0 Å². The van der Waals surface area contributed by atoms with Gasteiger partial charge < -0.3 is 10.0 Å². The zero-order chi connectivity index (χ0) is 17.2. The van der Waals surface area contributed by atoms with Gasteiger partial charge in [-0.2, -0.15) is 0 Å². The number of hydrogen-bond donors (Lipinski definition) is 1. The highest BCUT2D eigenvalue weighted by Crippen LogP contribution is 2.34. The molecule has 2 aliphatic rings. The molecule has 2 saturated heterocycles. The first kappa shape index (κ1) is 17.4. The molecule has 2 fully saturated rings. The zero-order valence-electron chi connectivity index (χ0n) is 14.8. The smallest absolute Gasteiger partial charge is 0.308 e. The van der Waals surface area contributed by atoms with E-state index in [1.54, 1.807) is 12.4 Å². The van der Waals surface area contributed by atoms with Gasteiger partial charge in [-0.3, -0.25) is 14.7 Å². The molecule has 0 aliphatic carbocycles. The number of nitrogens with zero attached hydrogens (tertiary/aromatic N) is 3. The topological polar surface area (TPSA) is 56.7 Å². The van der Waals surface area contributed by atoms with E-state index in [1.165, 1.54) is 19.3 Å². The van der Waals surface area contributed by atoms with Crippen LogP contribution in [0, 0.1) is 5.92 Å². The van der Waals surface area contributed by atoms with Crippen molar-refractivity contribution in [3.63, 3.8) is 0 Å². The fourth-order valence-electron chi connectivity index (χ4n) is 4.36. The second-order valence-corrected chi connectivity index (χ2v) is 7.89. The molecule has 5 nitrogen and oxygen atoms in total. The molecule has 0 unspecified atom stereocenters. The van der Waals surface area contributed by atoms with Crippen molar-refractivity contribution in [1.29, 1.82) is 0 Å². The van der Waals surface area contributed by atoms with Crippen LogP contribution in [0.1, 0.15) is 44.6 Å². The summed E-state index contributed by atoms with van der Waals surface area (Å²) >= 11 is 0. The molecule has 0 radical (unpaired) electrons. The summed E-state index contributed by atoms with van der Waals surface area (Å²) in [5, 5.41) is 9.66. The van der Waals surface area contributed by atoms with Gasteiger partial charge in [0.25, 0.3) is 0 Å². The van der Waals surface area contributed by atoms with Gasteiger partial charge in [-0.1, -0.05) is 6.42 Å². The Morgan fingerprint density at radius 2 is 1.88 bits per heavy atom. The lowest BCUT2D eigenvalue weighted by Gasteiger charge is -2.43. The van der Waals surface area contributed by atoms with Gasteiger partial charge in [0.2, 0.25) is 0 Å². The average molecular weight is 331 g/mol. The Labute approximate surface area is 144 Å². The van der Waals surface area contributed by atoms with Gasteiger partial charge in [-0.15, -0.1) is 0 Å². The summed E-state index contributed by atoms with van der Waals surface area (Å²) in [7, 11) is 0. The van der Waals surface area contributed by atoms with Gasteiger partial charge in [-0.05, 0) is 57.5 Å². The minimum absolute atomic E-state index is 0.0580. The Balaban J connectivity index is 1.70. The normalized spacial score (nSPS) is 26.6. The maximum atomic E-state index is 11.7. The molecule has 5 heteroatoms. The molecule has 0 amide bonds. The molecule has 0 saturated carbocycles. The zero-order valence-corrected chi connectivity index (χ0v) is 14.8. The summed E-state index contributed by atoms with van der Waals surface area (Å²) in [6.45, 7) is 9.31. The van der Waals surface area contributed by atoms with Gasteiger partial charge in [-0.25, -0.2) is 0 Å². The van der Waals surface area contributed by atoms with Crippen molar-refractivity contribution >= 4 is 5.97 Å². The van der Waals surface area contributed by atoms with Crippen LogP contribution in [0.3, 0.4) is 0 Å². The summed E-state index contributed by atoms with van der Waals surface area (Å²) in [5.41, 5.74) is 1.19. The molecule has 2 aliphatic heterocycles. The minimum atomic E-state index is -0.685. The molecule has 3 heterocycles. The van der Waals surface area contributed by atoms with E-state index in [0.717, 1.165) is 31.7 Å². The van der Waals surface area contributed by atoms with Crippen molar-refractivity contribution in [2.75, 3.05) is 32.7 Å². The third-order valence-corrected chi connectivity index (χ3v) is 5.67. The number of piperidine rings is 1. The first-order chi connectivity index (χ1) is 11.5. The van der Waals surface area contributed by atoms with Crippen LogP contribution in [0.2, 0.25) is 0 Å². The molecule has 0 bridgehead atoms.